The number of para-hydroxylation sites is 1. The molecule has 2 aromatic rings. The van der Waals surface area contributed by atoms with Gasteiger partial charge in [0.2, 0.25) is 5.91 Å². The van der Waals surface area contributed by atoms with Crippen molar-refractivity contribution >= 4 is 46.5 Å². The van der Waals surface area contributed by atoms with Crippen molar-refractivity contribution in [2.45, 2.75) is 39.5 Å². The molecule has 2 saturated heterocycles. The monoisotopic (exact) mass is 535 g/mol. The van der Waals surface area contributed by atoms with Gasteiger partial charge in [-0.25, -0.2) is 0 Å². The molecule has 38 heavy (non-hydrogen) atoms. The lowest BCUT2D eigenvalue weighted by molar-refractivity contribution is -0.136. The minimum absolute atomic E-state index is 0.144. The predicted molar refractivity (Wildman–Crippen MR) is 149 cm³/mol. The first-order chi connectivity index (χ1) is 18.2. The molecule has 2 aliphatic rings. The van der Waals surface area contributed by atoms with Gasteiger partial charge in [0.05, 0.1) is 4.91 Å². The van der Waals surface area contributed by atoms with Gasteiger partial charge < -0.3 is 15.0 Å². The molecule has 2 fully saturated rings. The molecule has 0 unspecified atom stereocenters. The molecule has 0 atom stereocenters. The molecule has 4 amide bonds. The maximum Gasteiger partial charge on any atom is 0.294 e. The lowest BCUT2D eigenvalue weighted by Gasteiger charge is -2.31. The Balaban J connectivity index is 1.30. The average molecular weight is 536 g/mol. The van der Waals surface area contributed by atoms with Crippen LogP contribution in [0.3, 0.4) is 0 Å². The van der Waals surface area contributed by atoms with Gasteiger partial charge in [0.25, 0.3) is 17.1 Å². The van der Waals surface area contributed by atoms with Gasteiger partial charge in [0.1, 0.15) is 12.3 Å². The minimum Gasteiger partial charge on any atom is -0.484 e. The van der Waals surface area contributed by atoms with Crippen molar-refractivity contribution in [3.63, 3.8) is 0 Å². The number of hydrogen-bond donors (Lipinski definition) is 1. The third-order valence-corrected chi connectivity index (χ3v) is 7.62. The van der Waals surface area contributed by atoms with Gasteiger partial charge in [0.15, 0.2) is 6.61 Å². The molecule has 0 spiro atoms. The molecule has 2 aromatic carbocycles. The molecule has 200 valence electrons. The van der Waals surface area contributed by atoms with E-state index < -0.39 is 11.1 Å². The summed E-state index contributed by atoms with van der Waals surface area (Å²) in [4.78, 5) is 53.3. The van der Waals surface area contributed by atoms with Crippen LogP contribution in [0.1, 0.15) is 50.7 Å². The SMILES string of the molecule is CC1CCN(C(=O)CN2C(=O)S/C(=C/c3ccc(OCC(=O)Nc4ccccc4C(C)C)cc3)C2=O)CC1. The number of nitrogens with zero attached hydrogens (tertiary/aromatic N) is 2. The van der Waals surface area contributed by atoms with Crippen molar-refractivity contribution in [3.05, 3.63) is 64.6 Å². The maximum atomic E-state index is 12.8. The molecular formula is C29H33N3O5S. The molecule has 9 heteroatoms. The number of piperidine rings is 1. The van der Waals surface area contributed by atoms with Crippen molar-refractivity contribution in [1.82, 2.24) is 9.80 Å². The minimum atomic E-state index is -0.461. The van der Waals surface area contributed by atoms with Gasteiger partial charge in [-0.05, 0) is 71.8 Å². The Kier molecular flexibility index (Phi) is 8.89. The summed E-state index contributed by atoms with van der Waals surface area (Å²) in [6.45, 7) is 7.24. The number of amides is 4. The summed E-state index contributed by atoms with van der Waals surface area (Å²) in [7, 11) is 0. The first kappa shape index (κ1) is 27.4. The molecule has 2 aliphatic heterocycles. The summed E-state index contributed by atoms with van der Waals surface area (Å²) in [6, 6.07) is 14.6. The zero-order valence-electron chi connectivity index (χ0n) is 21.9. The van der Waals surface area contributed by atoms with Crippen molar-refractivity contribution in [2.75, 3.05) is 31.6 Å². The Morgan fingerprint density at radius 1 is 1.08 bits per heavy atom. The van der Waals surface area contributed by atoms with Gasteiger partial charge in [-0.3, -0.25) is 24.1 Å². The number of rotatable bonds is 8. The number of benzene rings is 2. The van der Waals surface area contributed by atoms with E-state index in [-0.39, 0.29) is 35.8 Å². The van der Waals surface area contributed by atoms with E-state index in [1.807, 2.05) is 24.3 Å². The van der Waals surface area contributed by atoms with Gasteiger partial charge in [0, 0.05) is 18.8 Å². The van der Waals surface area contributed by atoms with Crippen LogP contribution in [0, 0.1) is 5.92 Å². The lowest BCUT2D eigenvalue weighted by Crippen LogP contribution is -2.45. The van der Waals surface area contributed by atoms with Crippen LogP contribution in [0.4, 0.5) is 10.5 Å². The predicted octanol–water partition coefficient (Wildman–Crippen LogP) is 5.12. The van der Waals surface area contributed by atoms with Gasteiger partial charge in [-0.15, -0.1) is 0 Å². The second-order valence-electron chi connectivity index (χ2n) is 9.98. The maximum absolute atomic E-state index is 12.8. The largest absolute Gasteiger partial charge is 0.484 e. The molecule has 0 aromatic heterocycles. The first-order valence-electron chi connectivity index (χ1n) is 12.9. The summed E-state index contributed by atoms with van der Waals surface area (Å²) < 4.78 is 5.62. The molecule has 2 heterocycles. The number of carbonyl (C=O) groups excluding carboxylic acids is 4. The van der Waals surface area contributed by atoms with Crippen LogP contribution in [0.15, 0.2) is 53.4 Å². The molecule has 4 rings (SSSR count). The zero-order valence-corrected chi connectivity index (χ0v) is 22.8. The van der Waals surface area contributed by atoms with Crippen LogP contribution in [-0.4, -0.2) is 59.0 Å². The number of thioether (sulfide) groups is 1. The second kappa shape index (κ2) is 12.3. The fraction of sp³-hybridized carbons (Fsp3) is 0.379. The topological polar surface area (TPSA) is 96.0 Å². The molecular weight excluding hydrogens is 502 g/mol. The van der Waals surface area contributed by atoms with Gasteiger partial charge in [-0.1, -0.05) is 51.1 Å². The Labute approximate surface area is 227 Å². The van der Waals surface area contributed by atoms with Crippen LogP contribution < -0.4 is 10.1 Å². The highest BCUT2D eigenvalue weighted by Gasteiger charge is 2.37. The second-order valence-corrected chi connectivity index (χ2v) is 11.0. The average Bonchev–Trinajstić information content (AvgIpc) is 3.16. The molecule has 8 nitrogen and oxygen atoms in total. The summed E-state index contributed by atoms with van der Waals surface area (Å²) in [5.41, 5.74) is 2.53. The number of nitrogens with one attached hydrogen (secondary N) is 1. The van der Waals surface area contributed by atoms with E-state index in [0.717, 1.165) is 40.8 Å². The third kappa shape index (κ3) is 6.83. The van der Waals surface area contributed by atoms with Crippen LogP contribution in [0.5, 0.6) is 5.75 Å². The molecule has 1 N–H and O–H groups in total. The van der Waals surface area contributed by atoms with E-state index in [1.54, 1.807) is 35.2 Å². The van der Waals surface area contributed by atoms with E-state index in [9.17, 15) is 19.2 Å². The normalized spacial score (nSPS) is 17.4. The summed E-state index contributed by atoms with van der Waals surface area (Å²) in [5, 5.41) is 2.45. The van der Waals surface area contributed by atoms with Crippen LogP contribution in [0.25, 0.3) is 6.08 Å². The van der Waals surface area contributed by atoms with Gasteiger partial charge in [-0.2, -0.15) is 0 Å². The highest BCUT2D eigenvalue weighted by atomic mass is 32.2. The van der Waals surface area contributed by atoms with Crippen LogP contribution in [0.2, 0.25) is 0 Å². The number of anilines is 1. The summed E-state index contributed by atoms with van der Waals surface area (Å²) >= 11 is 0.832. The fourth-order valence-electron chi connectivity index (χ4n) is 4.39. The number of ether oxygens (including phenoxy) is 1. The van der Waals surface area contributed by atoms with E-state index >= 15 is 0 Å². The van der Waals surface area contributed by atoms with Gasteiger partial charge >= 0.3 is 0 Å². The Bertz CT molecular complexity index is 1230. The fourth-order valence-corrected chi connectivity index (χ4v) is 5.23. The summed E-state index contributed by atoms with van der Waals surface area (Å²) in [5.74, 6) is 0.449. The molecule has 0 radical (unpaired) electrons. The van der Waals surface area contributed by atoms with E-state index in [2.05, 4.69) is 26.1 Å². The third-order valence-electron chi connectivity index (χ3n) is 6.71. The first-order valence-corrected chi connectivity index (χ1v) is 13.7. The Morgan fingerprint density at radius 3 is 2.45 bits per heavy atom. The number of imide groups is 1. The number of carbonyl (C=O) groups is 4. The smallest absolute Gasteiger partial charge is 0.294 e. The van der Waals surface area contributed by atoms with E-state index in [4.69, 9.17) is 4.74 Å². The number of likely N-dealkylation sites (tertiary alicyclic amines) is 1. The molecule has 0 saturated carbocycles. The standard InChI is InChI=1S/C29H33N3O5S/c1-19(2)23-6-4-5-7-24(23)30-26(33)18-37-22-10-8-21(9-11-22)16-25-28(35)32(29(36)38-25)17-27(34)31-14-12-20(3)13-15-31/h4-11,16,19-20H,12-15,17-18H2,1-3H3,(H,30,33)/b25-16+. The van der Waals surface area contributed by atoms with Crippen LogP contribution >= 0.6 is 11.8 Å². The quantitative estimate of drug-likeness (QED) is 0.471. The van der Waals surface area contributed by atoms with Crippen molar-refractivity contribution < 1.29 is 23.9 Å². The lowest BCUT2D eigenvalue weighted by atomic mass is 9.99. The molecule has 0 bridgehead atoms. The molecule has 0 aliphatic carbocycles. The van der Waals surface area contributed by atoms with E-state index in [1.165, 1.54) is 0 Å². The summed E-state index contributed by atoms with van der Waals surface area (Å²) in [6.07, 6.45) is 3.49. The van der Waals surface area contributed by atoms with Crippen LogP contribution in [-0.2, 0) is 14.4 Å². The Morgan fingerprint density at radius 2 is 1.76 bits per heavy atom. The van der Waals surface area contributed by atoms with E-state index in [0.29, 0.717) is 30.3 Å². The zero-order chi connectivity index (χ0) is 27.2. The highest BCUT2D eigenvalue weighted by Crippen LogP contribution is 2.32. The Hall–Kier alpha value is -3.59. The van der Waals surface area contributed by atoms with Crippen molar-refractivity contribution in [1.29, 1.82) is 0 Å². The van der Waals surface area contributed by atoms with Crippen molar-refractivity contribution in [3.8, 4) is 5.75 Å². The highest BCUT2D eigenvalue weighted by molar-refractivity contribution is 8.18. The van der Waals surface area contributed by atoms with Crippen molar-refractivity contribution in [2.24, 2.45) is 5.92 Å². The number of hydrogen-bond acceptors (Lipinski definition) is 6.